The Morgan fingerprint density at radius 2 is 2.36 bits per heavy atom. The molecule has 2 N–H and O–H groups in total. The number of hydrogen-bond acceptors (Lipinski definition) is 6. The van der Waals surface area contributed by atoms with Gasteiger partial charge in [0, 0.05) is 24.8 Å². The Balaban J connectivity index is 1.50. The third-order valence-corrected chi connectivity index (χ3v) is 5.41. The van der Waals surface area contributed by atoms with Gasteiger partial charge in [0.15, 0.2) is 11.3 Å². The summed E-state index contributed by atoms with van der Waals surface area (Å²) in [6, 6.07) is 5.79. The van der Waals surface area contributed by atoms with Crippen LogP contribution in [-0.4, -0.2) is 34.8 Å². The monoisotopic (exact) mass is 353 g/mol. The third kappa shape index (κ3) is 2.94. The fourth-order valence-corrected chi connectivity index (χ4v) is 4.04. The average Bonchev–Trinajstić information content (AvgIpc) is 3.32. The number of carbonyl (C=O) groups excluding carboxylic acids is 2. The van der Waals surface area contributed by atoms with Crippen LogP contribution < -0.4 is 10.6 Å². The largest absolute Gasteiger partial charge is 0.325 e. The molecule has 0 bridgehead atoms. The summed E-state index contributed by atoms with van der Waals surface area (Å²) in [4.78, 5) is 30.7. The van der Waals surface area contributed by atoms with E-state index in [1.165, 1.54) is 11.3 Å². The second-order valence-corrected chi connectivity index (χ2v) is 7.15. The van der Waals surface area contributed by atoms with Gasteiger partial charge in [0.05, 0.1) is 22.9 Å². The third-order valence-electron chi connectivity index (χ3n) is 4.47. The van der Waals surface area contributed by atoms with E-state index in [2.05, 4.69) is 21.8 Å². The van der Waals surface area contributed by atoms with Crippen LogP contribution in [0, 0.1) is 17.4 Å². The van der Waals surface area contributed by atoms with Crippen LogP contribution in [0.3, 0.4) is 0 Å². The predicted molar refractivity (Wildman–Crippen MR) is 93.8 cm³/mol. The molecule has 2 aliphatic heterocycles. The number of benzene rings is 1. The lowest BCUT2D eigenvalue weighted by atomic mass is 10.1. The van der Waals surface area contributed by atoms with Crippen molar-refractivity contribution < 1.29 is 9.59 Å². The number of carbonyl (C=O) groups is 2. The van der Waals surface area contributed by atoms with Gasteiger partial charge in [-0.3, -0.25) is 9.59 Å². The van der Waals surface area contributed by atoms with Crippen LogP contribution in [0.2, 0.25) is 0 Å². The number of aromatic nitrogens is 1. The molecule has 1 aromatic carbocycles. The average molecular weight is 353 g/mol. The standard InChI is InChI=1S/C17H15N5O2S/c18-9-22-5-4-11(8-22)16(24)21-17-19-7-13(25-17)12-3-1-2-10-6-14(23)20-15(10)12/h1-3,7,11H,4-6,8H2,(H,20,23)(H,19,21,24). The van der Waals surface area contributed by atoms with Crippen LogP contribution in [-0.2, 0) is 16.0 Å². The minimum Gasteiger partial charge on any atom is -0.325 e. The van der Waals surface area contributed by atoms with Gasteiger partial charge in [-0.15, -0.1) is 0 Å². The first-order chi connectivity index (χ1) is 12.1. The smallest absolute Gasteiger partial charge is 0.231 e. The summed E-state index contributed by atoms with van der Waals surface area (Å²) in [5.74, 6) is -0.304. The van der Waals surface area contributed by atoms with Gasteiger partial charge in [-0.05, 0) is 12.0 Å². The molecule has 1 saturated heterocycles. The Morgan fingerprint density at radius 1 is 1.48 bits per heavy atom. The molecule has 25 heavy (non-hydrogen) atoms. The molecule has 0 spiro atoms. The van der Waals surface area contributed by atoms with E-state index in [0.717, 1.165) is 21.7 Å². The maximum atomic E-state index is 12.3. The number of nitriles is 1. The number of nitrogens with one attached hydrogen (secondary N) is 2. The van der Waals surface area contributed by atoms with E-state index in [4.69, 9.17) is 5.26 Å². The zero-order chi connectivity index (χ0) is 17.4. The van der Waals surface area contributed by atoms with Crippen molar-refractivity contribution in [2.45, 2.75) is 12.8 Å². The van der Waals surface area contributed by atoms with E-state index < -0.39 is 0 Å². The molecule has 0 aliphatic carbocycles. The topological polar surface area (TPSA) is 98.1 Å². The van der Waals surface area contributed by atoms with Gasteiger partial charge in [0.25, 0.3) is 0 Å². The van der Waals surface area contributed by atoms with Gasteiger partial charge >= 0.3 is 0 Å². The molecule has 1 atom stereocenters. The Hall–Kier alpha value is -2.92. The number of rotatable bonds is 3. The number of hydrogen-bond donors (Lipinski definition) is 2. The maximum absolute atomic E-state index is 12.3. The predicted octanol–water partition coefficient (Wildman–Crippen LogP) is 2.05. The van der Waals surface area contributed by atoms with Crippen molar-refractivity contribution in [2.75, 3.05) is 23.7 Å². The second-order valence-electron chi connectivity index (χ2n) is 6.12. The summed E-state index contributed by atoms with van der Waals surface area (Å²) >= 11 is 1.37. The Morgan fingerprint density at radius 3 is 3.16 bits per heavy atom. The molecule has 8 heteroatoms. The van der Waals surface area contributed by atoms with E-state index in [1.807, 2.05) is 18.2 Å². The van der Waals surface area contributed by atoms with Crippen molar-refractivity contribution in [1.29, 1.82) is 5.26 Å². The van der Waals surface area contributed by atoms with Crippen molar-refractivity contribution in [1.82, 2.24) is 9.88 Å². The van der Waals surface area contributed by atoms with Crippen molar-refractivity contribution in [3.63, 3.8) is 0 Å². The Labute approximate surface area is 148 Å². The number of likely N-dealkylation sites (tertiary alicyclic amines) is 1. The number of fused-ring (bicyclic) bond motifs is 1. The molecule has 0 saturated carbocycles. The number of anilines is 2. The van der Waals surface area contributed by atoms with Gasteiger partial charge in [0.1, 0.15) is 0 Å². The normalized spacial score (nSPS) is 18.6. The van der Waals surface area contributed by atoms with Crippen LogP contribution >= 0.6 is 11.3 Å². The maximum Gasteiger partial charge on any atom is 0.231 e. The van der Waals surface area contributed by atoms with Gasteiger partial charge in [-0.25, -0.2) is 4.98 Å². The van der Waals surface area contributed by atoms with Crippen LogP contribution in [0.15, 0.2) is 24.4 Å². The number of para-hydroxylation sites is 1. The Bertz CT molecular complexity index is 901. The highest BCUT2D eigenvalue weighted by Crippen LogP contribution is 2.38. The Kier molecular flexibility index (Phi) is 3.86. The summed E-state index contributed by atoms with van der Waals surface area (Å²) < 4.78 is 0. The second kappa shape index (κ2) is 6.18. The lowest BCUT2D eigenvalue weighted by molar-refractivity contribution is -0.119. The molecule has 2 aromatic rings. The molecule has 2 amide bonds. The highest BCUT2D eigenvalue weighted by Gasteiger charge is 2.28. The lowest BCUT2D eigenvalue weighted by Crippen LogP contribution is -2.25. The first-order valence-corrected chi connectivity index (χ1v) is 8.79. The molecule has 2 aliphatic rings. The highest BCUT2D eigenvalue weighted by atomic mass is 32.1. The molecular formula is C17H15N5O2S. The molecule has 3 heterocycles. The van der Waals surface area contributed by atoms with Gasteiger partial charge in [-0.1, -0.05) is 29.5 Å². The number of thiazole rings is 1. The highest BCUT2D eigenvalue weighted by molar-refractivity contribution is 7.19. The van der Waals surface area contributed by atoms with Gasteiger partial charge in [-0.2, -0.15) is 5.26 Å². The SMILES string of the molecule is N#CN1CCC(C(=O)Nc2ncc(-c3cccc4c3NC(=O)C4)s2)C1. The fraction of sp³-hybridized carbons (Fsp3) is 0.294. The van der Waals surface area contributed by atoms with Crippen LogP contribution in [0.5, 0.6) is 0 Å². The van der Waals surface area contributed by atoms with Crippen LogP contribution in [0.1, 0.15) is 12.0 Å². The first kappa shape index (κ1) is 15.6. The molecule has 1 unspecified atom stereocenters. The van der Waals surface area contributed by atoms with Crippen LogP contribution in [0.25, 0.3) is 10.4 Å². The number of amides is 2. The number of nitrogens with zero attached hydrogens (tertiary/aromatic N) is 3. The van der Waals surface area contributed by atoms with E-state index in [9.17, 15) is 9.59 Å². The molecule has 7 nitrogen and oxygen atoms in total. The van der Waals surface area contributed by atoms with Crippen molar-refractivity contribution in [3.8, 4) is 16.6 Å². The van der Waals surface area contributed by atoms with E-state index in [0.29, 0.717) is 31.1 Å². The first-order valence-electron chi connectivity index (χ1n) is 7.97. The van der Waals surface area contributed by atoms with Crippen molar-refractivity contribution in [2.24, 2.45) is 5.92 Å². The van der Waals surface area contributed by atoms with Gasteiger partial charge < -0.3 is 15.5 Å². The summed E-state index contributed by atoms with van der Waals surface area (Å²) in [6.07, 6.45) is 4.84. The van der Waals surface area contributed by atoms with E-state index in [-0.39, 0.29) is 17.7 Å². The van der Waals surface area contributed by atoms with Crippen LogP contribution in [0.4, 0.5) is 10.8 Å². The zero-order valence-corrected chi connectivity index (χ0v) is 14.1. The summed E-state index contributed by atoms with van der Waals surface area (Å²) in [5, 5.41) is 15.1. The molecule has 4 rings (SSSR count). The fourth-order valence-electron chi connectivity index (χ4n) is 3.19. The molecule has 0 radical (unpaired) electrons. The molecule has 126 valence electrons. The van der Waals surface area contributed by atoms with Crippen molar-refractivity contribution >= 4 is 34.0 Å². The zero-order valence-electron chi connectivity index (χ0n) is 13.3. The molecule has 1 aromatic heterocycles. The molecular weight excluding hydrogens is 338 g/mol. The lowest BCUT2D eigenvalue weighted by Gasteiger charge is -2.08. The summed E-state index contributed by atoms with van der Waals surface area (Å²) in [5.41, 5.74) is 2.72. The minimum atomic E-state index is -0.188. The van der Waals surface area contributed by atoms with Crippen molar-refractivity contribution in [3.05, 3.63) is 30.0 Å². The van der Waals surface area contributed by atoms with E-state index in [1.54, 1.807) is 11.1 Å². The van der Waals surface area contributed by atoms with E-state index >= 15 is 0 Å². The summed E-state index contributed by atoms with van der Waals surface area (Å²) in [6.45, 7) is 1.08. The van der Waals surface area contributed by atoms with Gasteiger partial charge in [0.2, 0.25) is 11.8 Å². The summed E-state index contributed by atoms with van der Waals surface area (Å²) in [7, 11) is 0. The quantitative estimate of drug-likeness (QED) is 0.823. The molecule has 1 fully saturated rings. The minimum absolute atomic E-state index is 0.0104.